The van der Waals surface area contributed by atoms with Crippen LogP contribution in [0.25, 0.3) is 0 Å². The average molecular weight is 237 g/mol. The molecule has 1 aliphatic rings. The molecule has 0 aromatic carbocycles. The van der Waals surface area contributed by atoms with Gasteiger partial charge in [-0.05, 0) is 18.8 Å². The van der Waals surface area contributed by atoms with Gasteiger partial charge in [-0.25, -0.2) is 9.67 Å². The van der Waals surface area contributed by atoms with Crippen LogP contribution in [0.1, 0.15) is 32.6 Å². The molecule has 1 amide bonds. The van der Waals surface area contributed by atoms with E-state index < -0.39 is 0 Å². The van der Waals surface area contributed by atoms with Crippen LogP contribution in [-0.2, 0) is 11.3 Å². The van der Waals surface area contributed by atoms with E-state index >= 15 is 0 Å². The van der Waals surface area contributed by atoms with Crippen molar-refractivity contribution in [3.8, 4) is 0 Å². The third kappa shape index (κ3) is 3.72. The van der Waals surface area contributed by atoms with Gasteiger partial charge in [0.15, 0.2) is 0 Å². The molecule has 0 spiro atoms. The van der Waals surface area contributed by atoms with E-state index in [0.717, 1.165) is 18.8 Å². The molecule has 1 heterocycles. The zero-order chi connectivity index (χ0) is 12.3. The highest BCUT2D eigenvalue weighted by molar-refractivity contribution is 5.75. The summed E-state index contributed by atoms with van der Waals surface area (Å²) in [5.41, 5.74) is 5.38. The first kappa shape index (κ1) is 11.9. The van der Waals surface area contributed by atoms with Gasteiger partial charge >= 0.3 is 0 Å². The molecule has 2 rings (SSSR count). The summed E-state index contributed by atoms with van der Waals surface area (Å²) in [7, 11) is 0. The molecular weight excluding hydrogens is 218 g/mol. The van der Waals surface area contributed by atoms with Crippen molar-refractivity contribution in [1.29, 1.82) is 0 Å². The second-order valence-electron chi connectivity index (χ2n) is 4.65. The lowest BCUT2D eigenvalue weighted by Gasteiger charge is -2.16. The number of carbonyl (C=O) groups is 1. The van der Waals surface area contributed by atoms with Crippen LogP contribution in [0.4, 0.5) is 5.95 Å². The highest BCUT2D eigenvalue weighted by Gasteiger charge is 2.25. The Kier molecular flexibility index (Phi) is 3.61. The van der Waals surface area contributed by atoms with Crippen LogP contribution in [-0.4, -0.2) is 26.7 Å². The number of amides is 1. The number of nitrogens with zero attached hydrogens (tertiary/aromatic N) is 3. The average Bonchev–Trinajstić information content (AvgIpc) is 3.01. The second-order valence-corrected chi connectivity index (χ2v) is 4.65. The summed E-state index contributed by atoms with van der Waals surface area (Å²) in [6.45, 7) is 2.28. The molecule has 3 N–H and O–H groups in total. The summed E-state index contributed by atoms with van der Waals surface area (Å²) in [6.07, 6.45) is 6.16. The fourth-order valence-corrected chi connectivity index (χ4v) is 1.89. The van der Waals surface area contributed by atoms with Crippen molar-refractivity contribution < 1.29 is 4.79 Å². The Labute approximate surface area is 101 Å². The Bertz CT molecular complexity index is 385. The van der Waals surface area contributed by atoms with Crippen molar-refractivity contribution in [3.63, 3.8) is 0 Å². The fourth-order valence-electron chi connectivity index (χ4n) is 1.89. The normalized spacial score (nSPS) is 16.8. The highest BCUT2D eigenvalue weighted by Crippen LogP contribution is 2.33. The van der Waals surface area contributed by atoms with Gasteiger partial charge in [0.25, 0.3) is 0 Å². The minimum Gasteiger partial charge on any atom is -0.367 e. The molecule has 0 radical (unpaired) electrons. The second kappa shape index (κ2) is 5.16. The predicted octanol–water partition coefficient (Wildman–Crippen LogP) is 0.555. The van der Waals surface area contributed by atoms with E-state index in [9.17, 15) is 4.79 Å². The van der Waals surface area contributed by atoms with Gasteiger partial charge in [-0.1, -0.05) is 19.8 Å². The molecule has 0 bridgehead atoms. The molecule has 1 saturated carbocycles. The minimum atomic E-state index is -0.0256. The summed E-state index contributed by atoms with van der Waals surface area (Å²) in [5.74, 6) is 0.993. The van der Waals surface area contributed by atoms with Gasteiger partial charge in [0.2, 0.25) is 11.9 Å². The van der Waals surface area contributed by atoms with Crippen LogP contribution >= 0.6 is 0 Å². The number of nitrogens with one attached hydrogen (secondary N) is 1. The summed E-state index contributed by atoms with van der Waals surface area (Å²) < 4.78 is 1.45. The van der Waals surface area contributed by atoms with Crippen LogP contribution < -0.4 is 11.1 Å². The van der Waals surface area contributed by atoms with Crippen LogP contribution in [0.15, 0.2) is 6.33 Å². The Morgan fingerprint density at radius 2 is 2.47 bits per heavy atom. The third-order valence-electron chi connectivity index (χ3n) is 3.03. The number of nitrogen functional groups attached to an aromatic ring is 1. The fraction of sp³-hybridized carbons (Fsp3) is 0.727. The summed E-state index contributed by atoms with van der Waals surface area (Å²) in [6, 6.07) is 0.288. The lowest BCUT2D eigenvalue weighted by atomic mass is 10.1. The lowest BCUT2D eigenvalue weighted by Crippen LogP contribution is -2.37. The lowest BCUT2D eigenvalue weighted by molar-refractivity contribution is -0.122. The zero-order valence-electron chi connectivity index (χ0n) is 10.1. The van der Waals surface area contributed by atoms with E-state index in [1.807, 2.05) is 0 Å². The van der Waals surface area contributed by atoms with Crippen LogP contribution in [0.3, 0.4) is 0 Å². The molecule has 1 fully saturated rings. The predicted molar refractivity (Wildman–Crippen MR) is 64.0 cm³/mol. The van der Waals surface area contributed by atoms with Gasteiger partial charge in [0.05, 0.1) is 0 Å². The number of hydrogen-bond donors (Lipinski definition) is 2. The Morgan fingerprint density at radius 1 is 1.71 bits per heavy atom. The molecule has 94 valence electrons. The maximum atomic E-state index is 11.8. The Balaban J connectivity index is 1.78. The van der Waals surface area contributed by atoms with Gasteiger partial charge in [0.1, 0.15) is 12.9 Å². The molecular formula is C11H19N5O. The smallest absolute Gasteiger partial charge is 0.242 e. The first-order valence-corrected chi connectivity index (χ1v) is 6.11. The van der Waals surface area contributed by atoms with Crippen molar-refractivity contribution in [3.05, 3.63) is 6.33 Å². The largest absolute Gasteiger partial charge is 0.367 e. The van der Waals surface area contributed by atoms with Gasteiger partial charge < -0.3 is 11.1 Å². The minimum absolute atomic E-state index is 0.0256. The van der Waals surface area contributed by atoms with Crippen LogP contribution in [0, 0.1) is 5.92 Å². The summed E-state index contributed by atoms with van der Waals surface area (Å²) in [4.78, 5) is 15.5. The molecule has 1 aromatic rings. The van der Waals surface area contributed by atoms with Crippen LogP contribution in [0.2, 0.25) is 0 Å². The molecule has 6 nitrogen and oxygen atoms in total. The summed E-state index contributed by atoms with van der Waals surface area (Å²) >= 11 is 0. The quantitative estimate of drug-likeness (QED) is 0.756. The number of hydrogen-bond acceptors (Lipinski definition) is 4. The van der Waals surface area contributed by atoms with Gasteiger partial charge in [-0.2, -0.15) is 0 Å². The zero-order valence-corrected chi connectivity index (χ0v) is 10.1. The molecule has 1 unspecified atom stereocenters. The maximum Gasteiger partial charge on any atom is 0.242 e. The molecule has 1 aromatic heterocycles. The number of rotatable bonds is 6. The SMILES string of the molecule is CCC(CC1CC1)NC(=O)Cn1cnc(N)n1. The van der Waals surface area contributed by atoms with Crippen molar-refractivity contribution in [2.45, 2.75) is 45.2 Å². The molecule has 1 atom stereocenters. The topological polar surface area (TPSA) is 85.8 Å². The van der Waals surface area contributed by atoms with Gasteiger partial charge in [-0.15, -0.1) is 5.10 Å². The van der Waals surface area contributed by atoms with Crippen molar-refractivity contribution in [2.24, 2.45) is 5.92 Å². The van der Waals surface area contributed by atoms with Crippen LogP contribution in [0.5, 0.6) is 0 Å². The van der Waals surface area contributed by atoms with E-state index in [1.165, 1.54) is 23.9 Å². The standard InChI is InChI=1S/C11H19N5O/c1-2-9(5-8-3-4-8)14-10(17)6-16-7-13-11(12)15-16/h7-9H,2-6H2,1H3,(H2,12,15)(H,14,17). The van der Waals surface area contributed by atoms with E-state index in [4.69, 9.17) is 5.73 Å². The first-order valence-electron chi connectivity index (χ1n) is 6.11. The molecule has 0 saturated heterocycles. The summed E-state index contributed by atoms with van der Waals surface area (Å²) in [5, 5.41) is 6.91. The number of anilines is 1. The molecule has 17 heavy (non-hydrogen) atoms. The highest BCUT2D eigenvalue weighted by atomic mass is 16.2. The van der Waals surface area contributed by atoms with E-state index in [2.05, 4.69) is 22.3 Å². The van der Waals surface area contributed by atoms with E-state index in [-0.39, 0.29) is 24.4 Å². The number of aromatic nitrogens is 3. The van der Waals surface area contributed by atoms with Crippen molar-refractivity contribution >= 4 is 11.9 Å². The van der Waals surface area contributed by atoms with Crippen molar-refractivity contribution in [2.75, 3.05) is 5.73 Å². The number of nitrogens with two attached hydrogens (primary N) is 1. The first-order chi connectivity index (χ1) is 8.17. The molecule has 1 aliphatic carbocycles. The van der Waals surface area contributed by atoms with Crippen molar-refractivity contribution in [1.82, 2.24) is 20.1 Å². The third-order valence-corrected chi connectivity index (χ3v) is 3.03. The Hall–Kier alpha value is -1.59. The monoisotopic (exact) mass is 237 g/mol. The Morgan fingerprint density at radius 3 is 3.00 bits per heavy atom. The number of carbonyl (C=O) groups excluding carboxylic acids is 1. The van der Waals surface area contributed by atoms with E-state index in [0.29, 0.717) is 0 Å². The molecule has 0 aliphatic heterocycles. The molecule has 6 heteroatoms. The van der Waals surface area contributed by atoms with Gasteiger partial charge in [0, 0.05) is 6.04 Å². The van der Waals surface area contributed by atoms with Gasteiger partial charge in [-0.3, -0.25) is 4.79 Å². The maximum absolute atomic E-state index is 11.8. The van der Waals surface area contributed by atoms with E-state index in [1.54, 1.807) is 0 Å².